The van der Waals surface area contributed by atoms with Gasteiger partial charge in [-0.15, -0.1) is 0 Å². The van der Waals surface area contributed by atoms with Crippen LogP contribution < -0.4 is 0 Å². The number of hydrogen-bond acceptors (Lipinski definition) is 3. The van der Waals surface area contributed by atoms with Gasteiger partial charge in [-0.2, -0.15) is 5.26 Å². The Morgan fingerprint density at radius 1 is 0.870 bits per heavy atom. The summed E-state index contributed by atoms with van der Waals surface area (Å²) >= 11 is 0. The maximum Gasteiger partial charge on any atom is 0.170 e. The van der Waals surface area contributed by atoms with Crippen LogP contribution in [0.5, 0.6) is 0 Å². The highest BCUT2D eigenvalue weighted by Crippen LogP contribution is 2.28. The molecule has 1 aromatic heterocycles. The van der Waals surface area contributed by atoms with Crippen LogP contribution in [0.25, 0.3) is 11.3 Å². The molecular weight excluding hydrogens is 284 g/mol. The molecule has 23 heavy (non-hydrogen) atoms. The van der Waals surface area contributed by atoms with Crippen LogP contribution >= 0.6 is 0 Å². The molecule has 2 aromatic carbocycles. The molecule has 3 heteroatoms. The van der Waals surface area contributed by atoms with E-state index in [1.807, 2.05) is 48.5 Å². The van der Waals surface area contributed by atoms with Crippen LogP contribution in [0.4, 0.5) is 0 Å². The first-order chi connectivity index (χ1) is 11.4. The molecule has 0 atom stereocenters. The van der Waals surface area contributed by atoms with Gasteiger partial charge in [-0.25, -0.2) is 0 Å². The lowest BCUT2D eigenvalue weighted by molar-refractivity contribution is 0.423. The van der Waals surface area contributed by atoms with Gasteiger partial charge in [0.2, 0.25) is 0 Å². The molecule has 3 nitrogen and oxygen atoms in total. The van der Waals surface area contributed by atoms with E-state index in [-0.39, 0.29) is 0 Å². The zero-order valence-electron chi connectivity index (χ0n) is 12.9. The number of aryl methyl sites for hydroxylation is 2. The minimum atomic E-state index is 0.472. The summed E-state index contributed by atoms with van der Waals surface area (Å²) in [7, 11) is 0. The number of aromatic nitrogens is 1. The minimum absolute atomic E-state index is 0.472. The summed E-state index contributed by atoms with van der Waals surface area (Å²) < 4.78 is 5.61. The number of benzene rings is 2. The highest BCUT2D eigenvalue weighted by Gasteiger charge is 2.17. The topological polar surface area (TPSA) is 49.8 Å². The normalized spacial score (nSPS) is 10.4. The molecule has 114 valence electrons. The zero-order valence-corrected chi connectivity index (χ0v) is 12.9. The highest BCUT2D eigenvalue weighted by atomic mass is 16.5. The van der Waals surface area contributed by atoms with Crippen molar-refractivity contribution in [2.24, 2.45) is 0 Å². The van der Waals surface area contributed by atoms with Gasteiger partial charge in [0.05, 0.1) is 11.8 Å². The average Bonchev–Trinajstić information content (AvgIpc) is 3.02. The smallest absolute Gasteiger partial charge is 0.170 e. The zero-order chi connectivity index (χ0) is 15.9. The van der Waals surface area contributed by atoms with Gasteiger partial charge in [0.1, 0.15) is 0 Å². The lowest BCUT2D eigenvalue weighted by Gasteiger charge is -2.03. The van der Waals surface area contributed by atoms with Gasteiger partial charge < -0.3 is 4.52 Å². The Morgan fingerprint density at radius 3 is 2.26 bits per heavy atom. The monoisotopic (exact) mass is 302 g/mol. The van der Waals surface area contributed by atoms with Crippen molar-refractivity contribution in [1.82, 2.24) is 5.16 Å². The molecule has 0 radical (unpaired) electrons. The molecule has 1 heterocycles. The summed E-state index contributed by atoms with van der Waals surface area (Å²) in [5.74, 6) is 0.795. The summed E-state index contributed by atoms with van der Waals surface area (Å²) in [5.41, 5.74) is 4.32. The quantitative estimate of drug-likeness (QED) is 0.669. The van der Waals surface area contributed by atoms with E-state index < -0.39 is 0 Å². The molecule has 3 aromatic rings. The molecule has 0 bridgehead atoms. The SMILES string of the molecule is N#CCCc1c(CCc2ccccc2)noc1-c1ccccc1. The molecular formula is C20H18N2O. The molecule has 0 saturated carbocycles. The second kappa shape index (κ2) is 7.42. The first-order valence-electron chi connectivity index (χ1n) is 7.82. The van der Waals surface area contributed by atoms with Crippen molar-refractivity contribution in [3.63, 3.8) is 0 Å². The molecule has 3 rings (SSSR count). The van der Waals surface area contributed by atoms with Crippen LogP contribution in [0.15, 0.2) is 65.2 Å². The molecule has 0 fully saturated rings. The van der Waals surface area contributed by atoms with Crippen molar-refractivity contribution < 1.29 is 4.52 Å². The fourth-order valence-corrected chi connectivity index (χ4v) is 2.70. The molecule has 0 aliphatic carbocycles. The van der Waals surface area contributed by atoms with Crippen LogP contribution in [0.2, 0.25) is 0 Å². The first-order valence-corrected chi connectivity index (χ1v) is 7.82. The van der Waals surface area contributed by atoms with Crippen LogP contribution in [-0.4, -0.2) is 5.16 Å². The third-order valence-electron chi connectivity index (χ3n) is 3.89. The van der Waals surface area contributed by atoms with E-state index in [0.717, 1.165) is 35.4 Å². The minimum Gasteiger partial charge on any atom is -0.356 e. The summed E-state index contributed by atoms with van der Waals surface area (Å²) in [4.78, 5) is 0. The van der Waals surface area contributed by atoms with E-state index >= 15 is 0 Å². The van der Waals surface area contributed by atoms with Gasteiger partial charge in [0.15, 0.2) is 5.76 Å². The van der Waals surface area contributed by atoms with E-state index in [1.54, 1.807) is 0 Å². The van der Waals surface area contributed by atoms with Crippen molar-refractivity contribution in [3.8, 4) is 17.4 Å². The fourth-order valence-electron chi connectivity index (χ4n) is 2.70. The number of rotatable bonds is 6. The predicted molar refractivity (Wildman–Crippen MR) is 89.7 cm³/mol. The summed E-state index contributed by atoms with van der Waals surface area (Å²) in [5, 5.41) is 13.2. The van der Waals surface area contributed by atoms with Gasteiger partial charge in [-0.05, 0) is 24.8 Å². The van der Waals surface area contributed by atoms with Gasteiger partial charge in [-0.1, -0.05) is 65.8 Å². The first kappa shape index (κ1) is 15.1. The Labute approximate surface area is 136 Å². The average molecular weight is 302 g/mol. The third-order valence-corrected chi connectivity index (χ3v) is 3.89. The van der Waals surface area contributed by atoms with E-state index in [9.17, 15) is 0 Å². The molecule has 0 amide bonds. The number of nitrogens with zero attached hydrogens (tertiary/aromatic N) is 2. The highest BCUT2D eigenvalue weighted by molar-refractivity contribution is 5.62. The van der Waals surface area contributed by atoms with E-state index in [0.29, 0.717) is 12.8 Å². The van der Waals surface area contributed by atoms with E-state index in [1.165, 1.54) is 5.56 Å². The van der Waals surface area contributed by atoms with Crippen molar-refractivity contribution in [3.05, 3.63) is 77.5 Å². The Balaban J connectivity index is 1.85. The lowest BCUT2D eigenvalue weighted by Crippen LogP contribution is -1.97. The fraction of sp³-hybridized carbons (Fsp3) is 0.200. The number of hydrogen-bond donors (Lipinski definition) is 0. The molecule has 0 aliphatic rings. The van der Waals surface area contributed by atoms with Gasteiger partial charge >= 0.3 is 0 Å². The van der Waals surface area contributed by atoms with Crippen LogP contribution in [0, 0.1) is 11.3 Å². The van der Waals surface area contributed by atoms with E-state index in [4.69, 9.17) is 9.78 Å². The maximum absolute atomic E-state index is 8.92. The van der Waals surface area contributed by atoms with Crippen molar-refractivity contribution in [1.29, 1.82) is 5.26 Å². The Bertz CT molecular complexity index is 786. The Kier molecular flexibility index (Phi) is 4.85. The molecule has 0 spiro atoms. The summed E-state index contributed by atoms with van der Waals surface area (Å²) in [6, 6.07) is 22.5. The summed E-state index contributed by atoms with van der Waals surface area (Å²) in [6.45, 7) is 0. The Hall–Kier alpha value is -2.86. The maximum atomic E-state index is 8.92. The van der Waals surface area contributed by atoms with Crippen LogP contribution in [0.1, 0.15) is 23.2 Å². The third kappa shape index (κ3) is 3.67. The van der Waals surface area contributed by atoms with E-state index in [2.05, 4.69) is 23.4 Å². The molecule has 0 aliphatic heterocycles. The predicted octanol–water partition coefficient (Wildman–Crippen LogP) is 4.58. The van der Waals surface area contributed by atoms with Crippen LogP contribution in [-0.2, 0) is 19.3 Å². The van der Waals surface area contributed by atoms with Gasteiger partial charge in [0.25, 0.3) is 0 Å². The van der Waals surface area contributed by atoms with Crippen molar-refractivity contribution in [2.75, 3.05) is 0 Å². The van der Waals surface area contributed by atoms with Crippen molar-refractivity contribution >= 4 is 0 Å². The molecule has 0 unspecified atom stereocenters. The molecule has 0 saturated heterocycles. The Morgan fingerprint density at radius 2 is 1.57 bits per heavy atom. The van der Waals surface area contributed by atoms with Gasteiger partial charge in [-0.3, -0.25) is 0 Å². The molecule has 0 N–H and O–H groups in total. The number of nitriles is 1. The largest absolute Gasteiger partial charge is 0.356 e. The van der Waals surface area contributed by atoms with Crippen LogP contribution in [0.3, 0.4) is 0 Å². The standard InChI is InChI=1S/C20H18N2O/c21-15-7-12-18-19(14-13-16-8-3-1-4-9-16)22-23-20(18)17-10-5-2-6-11-17/h1-6,8-11H,7,12-14H2. The van der Waals surface area contributed by atoms with Crippen molar-refractivity contribution in [2.45, 2.75) is 25.7 Å². The second-order valence-electron chi connectivity index (χ2n) is 5.45. The lowest BCUT2D eigenvalue weighted by atomic mass is 9.99. The summed E-state index contributed by atoms with van der Waals surface area (Å²) in [6.07, 6.45) is 2.88. The second-order valence-corrected chi connectivity index (χ2v) is 5.45. The van der Waals surface area contributed by atoms with Gasteiger partial charge in [0, 0.05) is 17.5 Å².